The van der Waals surface area contributed by atoms with E-state index in [4.69, 9.17) is 19.2 Å². The molecule has 0 aliphatic carbocycles. The smallest absolute Gasteiger partial charge is 0.411 e. The zero-order valence-electron chi connectivity index (χ0n) is 24.8. The van der Waals surface area contributed by atoms with E-state index in [1.807, 2.05) is 47.6 Å². The van der Waals surface area contributed by atoms with Crippen LogP contribution in [0.1, 0.15) is 74.1 Å². The Morgan fingerprint density at radius 1 is 1.25 bits per heavy atom. The van der Waals surface area contributed by atoms with Gasteiger partial charge in [-0.05, 0) is 84.4 Å². The van der Waals surface area contributed by atoms with Crippen molar-refractivity contribution < 1.29 is 28.6 Å². The lowest BCUT2D eigenvalue weighted by atomic mass is 9.97. The van der Waals surface area contributed by atoms with E-state index in [1.165, 1.54) is 5.01 Å². The predicted octanol–water partition coefficient (Wildman–Crippen LogP) is 3.64. The van der Waals surface area contributed by atoms with Gasteiger partial charge >= 0.3 is 12.1 Å². The Morgan fingerprint density at radius 2 is 2.00 bits per heavy atom. The first-order chi connectivity index (χ1) is 18.8. The van der Waals surface area contributed by atoms with E-state index in [9.17, 15) is 14.4 Å². The number of rotatable bonds is 6. The molecule has 0 bridgehead atoms. The van der Waals surface area contributed by atoms with Crippen LogP contribution in [-0.2, 0) is 23.8 Å². The number of carbonyl (C=O) groups is 3. The van der Waals surface area contributed by atoms with Crippen LogP contribution in [0, 0.1) is 0 Å². The van der Waals surface area contributed by atoms with Crippen LogP contribution in [0.2, 0.25) is 0 Å². The Bertz CT molecular complexity index is 1160. The highest BCUT2D eigenvalue weighted by atomic mass is 16.6. The number of aliphatic imine (C=N–C) groups is 1. The lowest BCUT2D eigenvalue weighted by molar-refractivity contribution is -0.143. The molecule has 0 aromatic heterocycles. The molecule has 4 aliphatic rings. The number of nitrogens with one attached hydrogen (secondary N) is 1. The number of esters is 1. The average molecular weight is 558 g/mol. The van der Waals surface area contributed by atoms with Crippen LogP contribution in [0.3, 0.4) is 0 Å². The Hall–Kier alpha value is -3.18. The number of fused-ring (bicyclic) bond motifs is 1. The Morgan fingerprint density at radius 3 is 2.67 bits per heavy atom. The van der Waals surface area contributed by atoms with E-state index in [1.54, 1.807) is 16.7 Å². The third-order valence-corrected chi connectivity index (χ3v) is 7.20. The Labute approximate surface area is 236 Å². The summed E-state index contributed by atoms with van der Waals surface area (Å²) in [5.74, 6) is -0.263. The summed E-state index contributed by atoms with van der Waals surface area (Å²) in [6.45, 7) is 15.0. The second-order valence-corrected chi connectivity index (χ2v) is 12.0. The maximum absolute atomic E-state index is 14.0. The van der Waals surface area contributed by atoms with Gasteiger partial charge in [0.15, 0.2) is 0 Å². The molecule has 0 radical (unpaired) electrons. The predicted molar refractivity (Wildman–Crippen MR) is 150 cm³/mol. The molecule has 4 rings (SSSR count). The van der Waals surface area contributed by atoms with Crippen LogP contribution >= 0.6 is 0 Å². The largest absolute Gasteiger partial charge is 0.465 e. The molecule has 11 nitrogen and oxygen atoms in total. The van der Waals surface area contributed by atoms with E-state index >= 15 is 0 Å². The standard InChI is InChI=1S/C29H43N5O6/c1-8-22-21(15-19-16-29(6,7)33(17-19)27(37)40-28(3,4)5)25(36)34-26(32(22)18-23(35)39-9-2)30-24(31-34)20-11-10-13-38-14-12-20/h11,15,24,31H,8-10,12-14,16-18H2,1-7H3/b19-15+. The minimum absolute atomic E-state index is 0.0710. The number of nitrogens with zero attached hydrogens (tertiary/aromatic N) is 4. The summed E-state index contributed by atoms with van der Waals surface area (Å²) in [4.78, 5) is 48.0. The fourth-order valence-electron chi connectivity index (χ4n) is 5.45. The fraction of sp³-hybridized carbons (Fsp3) is 0.655. The molecule has 40 heavy (non-hydrogen) atoms. The highest BCUT2D eigenvalue weighted by Gasteiger charge is 2.44. The molecule has 220 valence electrons. The molecule has 1 fully saturated rings. The van der Waals surface area contributed by atoms with Crippen LogP contribution in [0.5, 0.6) is 0 Å². The highest BCUT2D eigenvalue weighted by molar-refractivity contribution is 6.11. The fourth-order valence-corrected chi connectivity index (χ4v) is 5.45. The zero-order valence-corrected chi connectivity index (χ0v) is 24.8. The molecule has 0 aromatic rings. The first-order valence-corrected chi connectivity index (χ1v) is 14.2. The molecule has 1 unspecified atom stereocenters. The first kappa shape index (κ1) is 29.8. The number of ether oxygens (including phenoxy) is 3. The lowest BCUT2D eigenvalue weighted by Crippen LogP contribution is -2.56. The van der Waals surface area contributed by atoms with Gasteiger partial charge in [-0.15, -0.1) is 0 Å². The van der Waals surface area contributed by atoms with Gasteiger partial charge in [-0.1, -0.05) is 13.0 Å². The molecular weight excluding hydrogens is 514 g/mol. The summed E-state index contributed by atoms with van der Waals surface area (Å²) in [7, 11) is 0. The van der Waals surface area contributed by atoms with Crippen molar-refractivity contribution in [2.75, 3.05) is 32.9 Å². The van der Waals surface area contributed by atoms with E-state index in [-0.39, 0.29) is 25.2 Å². The quantitative estimate of drug-likeness (QED) is 0.389. The van der Waals surface area contributed by atoms with E-state index in [0.29, 0.717) is 56.3 Å². The van der Waals surface area contributed by atoms with Crippen LogP contribution in [0.4, 0.5) is 4.79 Å². The molecule has 1 atom stereocenters. The number of allylic oxidation sites excluding steroid dienone is 1. The minimum Gasteiger partial charge on any atom is -0.465 e. The third-order valence-electron chi connectivity index (χ3n) is 7.20. The van der Waals surface area contributed by atoms with Gasteiger partial charge in [-0.25, -0.2) is 14.8 Å². The number of likely N-dealkylation sites (tertiary alicyclic amines) is 1. The molecule has 0 aromatic carbocycles. The van der Waals surface area contributed by atoms with Gasteiger partial charge in [0.05, 0.1) is 25.4 Å². The molecule has 11 heteroatoms. The van der Waals surface area contributed by atoms with Gasteiger partial charge in [0, 0.05) is 17.8 Å². The zero-order chi connectivity index (χ0) is 29.2. The van der Waals surface area contributed by atoms with Crippen LogP contribution in [0.25, 0.3) is 0 Å². The minimum atomic E-state index is -0.614. The average Bonchev–Trinajstić information content (AvgIpc) is 3.31. The maximum Gasteiger partial charge on any atom is 0.411 e. The topological polar surface area (TPSA) is 113 Å². The van der Waals surface area contributed by atoms with E-state index < -0.39 is 23.3 Å². The van der Waals surface area contributed by atoms with E-state index in [0.717, 1.165) is 17.6 Å². The van der Waals surface area contributed by atoms with E-state index in [2.05, 4.69) is 11.5 Å². The van der Waals surface area contributed by atoms with Crippen LogP contribution < -0.4 is 5.43 Å². The molecule has 4 aliphatic heterocycles. The van der Waals surface area contributed by atoms with Crippen molar-refractivity contribution in [1.29, 1.82) is 0 Å². The maximum atomic E-state index is 14.0. The number of carbonyl (C=O) groups excluding carboxylic acids is 3. The van der Waals surface area contributed by atoms with Crippen molar-refractivity contribution in [2.24, 2.45) is 4.99 Å². The molecule has 0 saturated carbocycles. The second kappa shape index (κ2) is 11.7. The van der Waals surface area contributed by atoms with Gasteiger partial charge < -0.3 is 19.1 Å². The van der Waals surface area contributed by atoms with Gasteiger partial charge in [0.2, 0.25) is 5.96 Å². The van der Waals surface area contributed by atoms with Crippen molar-refractivity contribution in [1.82, 2.24) is 20.2 Å². The number of hydrogen-bond acceptors (Lipinski definition) is 9. The number of amides is 2. The summed E-state index contributed by atoms with van der Waals surface area (Å²) in [6.07, 6.45) is 5.73. The van der Waals surface area contributed by atoms with Crippen LogP contribution in [0.15, 0.2) is 39.6 Å². The summed E-state index contributed by atoms with van der Waals surface area (Å²) in [6, 6.07) is 0. The summed E-state index contributed by atoms with van der Waals surface area (Å²) >= 11 is 0. The van der Waals surface area contributed by atoms with Crippen molar-refractivity contribution in [2.45, 2.75) is 91.5 Å². The van der Waals surface area contributed by atoms with Crippen molar-refractivity contribution in [3.8, 4) is 0 Å². The molecule has 1 saturated heterocycles. The first-order valence-electron chi connectivity index (χ1n) is 14.2. The second-order valence-electron chi connectivity index (χ2n) is 12.0. The summed E-state index contributed by atoms with van der Waals surface area (Å²) < 4.78 is 16.5. The number of hydrogen-bond donors (Lipinski definition) is 1. The lowest BCUT2D eigenvalue weighted by Gasteiger charge is -2.36. The summed E-state index contributed by atoms with van der Waals surface area (Å²) in [5.41, 5.74) is 5.29. The van der Waals surface area contributed by atoms with Crippen molar-refractivity contribution >= 4 is 23.9 Å². The Balaban J connectivity index is 1.69. The van der Waals surface area contributed by atoms with Crippen molar-refractivity contribution in [3.63, 3.8) is 0 Å². The van der Waals surface area contributed by atoms with Gasteiger partial charge in [-0.2, -0.15) is 5.43 Å². The summed E-state index contributed by atoms with van der Waals surface area (Å²) in [5, 5.41) is 1.44. The normalized spacial score (nSPS) is 24.2. The van der Waals surface area contributed by atoms with Gasteiger partial charge in [-0.3, -0.25) is 14.5 Å². The molecular formula is C29H43N5O6. The van der Waals surface area contributed by atoms with Crippen molar-refractivity contribution in [3.05, 3.63) is 34.6 Å². The number of guanidine groups is 1. The molecule has 4 heterocycles. The Kier molecular flexibility index (Phi) is 8.75. The third kappa shape index (κ3) is 6.41. The van der Waals surface area contributed by atoms with Crippen LogP contribution in [-0.4, -0.2) is 89.0 Å². The molecule has 2 amide bonds. The highest BCUT2D eigenvalue weighted by Crippen LogP contribution is 2.36. The SMILES string of the molecule is CCOC(=O)CN1C2=NC(C3=CCCOCC3)NN2C(=O)C(/C=C2/CN(C(=O)OC(C)(C)C)C(C)(C)C2)=C1CC. The number of hydrazine groups is 1. The monoisotopic (exact) mass is 557 g/mol. The van der Waals surface area contributed by atoms with Gasteiger partial charge in [0.25, 0.3) is 5.91 Å². The molecule has 0 spiro atoms. The van der Waals surface area contributed by atoms with Gasteiger partial charge in [0.1, 0.15) is 18.3 Å². The molecule has 1 N–H and O–H groups in total.